The molecule has 1 atom stereocenters. The van der Waals surface area contributed by atoms with Gasteiger partial charge >= 0.3 is 6.09 Å². The normalized spacial score (nSPS) is 15.8. The topological polar surface area (TPSA) is 100 Å². The summed E-state index contributed by atoms with van der Waals surface area (Å²) in [6.07, 6.45) is 2.14. The second kappa shape index (κ2) is 11.6. The van der Waals surface area contributed by atoms with E-state index in [9.17, 15) is 9.90 Å². The van der Waals surface area contributed by atoms with E-state index in [4.69, 9.17) is 14.7 Å². The van der Waals surface area contributed by atoms with Crippen molar-refractivity contribution < 1.29 is 14.6 Å². The van der Waals surface area contributed by atoms with Crippen molar-refractivity contribution in [1.82, 2.24) is 19.9 Å². The summed E-state index contributed by atoms with van der Waals surface area (Å²) in [5.74, 6) is 0.522. The van der Waals surface area contributed by atoms with Crippen LogP contribution in [-0.2, 0) is 10.3 Å². The number of aromatic nitrogens is 3. The second-order valence-corrected chi connectivity index (χ2v) is 12.6. The largest absolute Gasteiger partial charge is 0.444 e. The molecule has 41 heavy (non-hydrogen) atoms. The lowest BCUT2D eigenvalue weighted by molar-refractivity contribution is -0.0356. The Morgan fingerprint density at radius 1 is 1.07 bits per heavy atom. The summed E-state index contributed by atoms with van der Waals surface area (Å²) < 4.78 is 5.54. The van der Waals surface area contributed by atoms with Crippen LogP contribution in [-0.4, -0.2) is 49.7 Å². The third-order valence-corrected chi connectivity index (χ3v) is 8.36. The van der Waals surface area contributed by atoms with Crippen LogP contribution in [0, 0.1) is 6.92 Å². The van der Waals surface area contributed by atoms with Crippen LogP contribution in [0.5, 0.6) is 0 Å². The maximum absolute atomic E-state index is 12.6. The van der Waals surface area contributed by atoms with E-state index in [0.29, 0.717) is 36.9 Å². The number of amides is 1. The first kappa shape index (κ1) is 28.7. The number of nitrogens with one attached hydrogen (secondary N) is 1. The SMILES string of the molecule is Cc1cccc(-c2nc(C3(O)CCN(C(=O)OC(C)(C)C)CC3)sc2-c2ccnc(N[C@@H](C)c3ccccc3)n2)c1. The highest BCUT2D eigenvalue weighted by Gasteiger charge is 2.40. The number of anilines is 1. The molecule has 8 nitrogen and oxygen atoms in total. The molecule has 0 bridgehead atoms. The number of piperidine rings is 1. The Labute approximate surface area is 245 Å². The third kappa shape index (κ3) is 6.74. The Morgan fingerprint density at radius 2 is 1.80 bits per heavy atom. The summed E-state index contributed by atoms with van der Waals surface area (Å²) in [5, 5.41) is 15.8. The van der Waals surface area contributed by atoms with Crippen molar-refractivity contribution in [2.24, 2.45) is 0 Å². The van der Waals surface area contributed by atoms with Crippen molar-refractivity contribution in [3.8, 4) is 21.8 Å². The fourth-order valence-electron chi connectivity index (χ4n) is 4.85. The van der Waals surface area contributed by atoms with Crippen molar-refractivity contribution >= 4 is 23.4 Å². The lowest BCUT2D eigenvalue weighted by atomic mass is 9.92. The maximum atomic E-state index is 12.6. The van der Waals surface area contributed by atoms with E-state index in [0.717, 1.165) is 33.0 Å². The van der Waals surface area contributed by atoms with Gasteiger partial charge < -0.3 is 20.1 Å². The molecule has 2 aromatic carbocycles. The molecule has 4 aromatic rings. The van der Waals surface area contributed by atoms with E-state index < -0.39 is 11.2 Å². The van der Waals surface area contributed by atoms with E-state index in [1.165, 1.54) is 11.3 Å². The molecule has 0 unspecified atom stereocenters. The van der Waals surface area contributed by atoms with Crippen LogP contribution in [0.2, 0.25) is 0 Å². The number of carbonyl (C=O) groups excluding carboxylic acids is 1. The minimum absolute atomic E-state index is 0.0237. The summed E-state index contributed by atoms with van der Waals surface area (Å²) in [6.45, 7) is 10.5. The van der Waals surface area contributed by atoms with Crippen LogP contribution in [0.15, 0.2) is 66.9 Å². The Bertz CT molecular complexity index is 1510. The molecule has 1 amide bonds. The Kier molecular flexibility index (Phi) is 8.11. The standard InChI is InChI=1S/C32H37N5O3S/c1-21-10-9-13-24(20-21)26-27(25-14-17-33-29(35-25)34-22(2)23-11-7-6-8-12-23)41-28(36-26)32(39)15-18-37(19-16-32)30(38)40-31(3,4)5/h6-14,17,20,22,39H,15-16,18-19H2,1-5H3,(H,33,34,35)/t22-/m0/s1. The molecule has 0 aliphatic carbocycles. The lowest BCUT2D eigenvalue weighted by Crippen LogP contribution is -2.46. The average molecular weight is 572 g/mol. The van der Waals surface area contributed by atoms with Gasteiger partial charge in [0.15, 0.2) is 0 Å². The molecule has 9 heteroatoms. The first-order valence-electron chi connectivity index (χ1n) is 13.9. The van der Waals surface area contributed by atoms with Crippen LogP contribution in [0.25, 0.3) is 21.8 Å². The highest BCUT2D eigenvalue weighted by atomic mass is 32.1. The zero-order chi connectivity index (χ0) is 29.2. The first-order valence-corrected chi connectivity index (χ1v) is 14.8. The summed E-state index contributed by atoms with van der Waals surface area (Å²) in [6, 6.07) is 20.3. The van der Waals surface area contributed by atoms with Gasteiger partial charge in [0.1, 0.15) is 16.2 Å². The summed E-state index contributed by atoms with van der Waals surface area (Å²) in [7, 11) is 0. The molecule has 0 radical (unpaired) electrons. The molecule has 2 aromatic heterocycles. The summed E-state index contributed by atoms with van der Waals surface area (Å²) >= 11 is 1.45. The number of hydrogen-bond acceptors (Lipinski definition) is 8. The molecule has 214 valence electrons. The predicted molar refractivity (Wildman–Crippen MR) is 163 cm³/mol. The van der Waals surface area contributed by atoms with Crippen LogP contribution < -0.4 is 5.32 Å². The Morgan fingerprint density at radius 3 is 2.49 bits per heavy atom. The predicted octanol–water partition coefficient (Wildman–Crippen LogP) is 6.97. The molecular formula is C32H37N5O3S. The molecule has 1 aliphatic rings. The number of rotatable bonds is 6. The quantitative estimate of drug-likeness (QED) is 0.258. The van der Waals surface area contributed by atoms with Gasteiger partial charge in [0, 0.05) is 37.7 Å². The van der Waals surface area contributed by atoms with E-state index >= 15 is 0 Å². The van der Waals surface area contributed by atoms with Crippen LogP contribution >= 0.6 is 11.3 Å². The van der Waals surface area contributed by atoms with Gasteiger partial charge in [0.2, 0.25) is 5.95 Å². The number of aliphatic hydroxyl groups is 1. The highest BCUT2D eigenvalue weighted by molar-refractivity contribution is 7.15. The monoisotopic (exact) mass is 571 g/mol. The number of thiazole rings is 1. The van der Waals surface area contributed by atoms with Crippen LogP contribution in [0.4, 0.5) is 10.7 Å². The van der Waals surface area contributed by atoms with Gasteiger partial charge in [-0.15, -0.1) is 11.3 Å². The third-order valence-electron chi connectivity index (χ3n) is 7.09. The number of carbonyl (C=O) groups is 1. The number of hydrogen-bond donors (Lipinski definition) is 2. The fraction of sp³-hybridized carbons (Fsp3) is 0.375. The molecule has 5 rings (SSSR count). The van der Waals surface area contributed by atoms with E-state index in [1.54, 1.807) is 11.1 Å². The van der Waals surface area contributed by atoms with Gasteiger partial charge in [-0.25, -0.2) is 19.7 Å². The van der Waals surface area contributed by atoms with E-state index in [2.05, 4.69) is 35.4 Å². The molecular weight excluding hydrogens is 534 g/mol. The Hall–Kier alpha value is -3.82. The zero-order valence-electron chi connectivity index (χ0n) is 24.2. The number of nitrogens with zero attached hydrogens (tertiary/aromatic N) is 4. The molecule has 2 N–H and O–H groups in total. The maximum Gasteiger partial charge on any atom is 0.410 e. The molecule has 0 spiro atoms. The van der Waals surface area contributed by atoms with Gasteiger partial charge in [-0.05, 0) is 52.3 Å². The minimum Gasteiger partial charge on any atom is -0.444 e. The van der Waals surface area contributed by atoms with Crippen LogP contribution in [0.3, 0.4) is 0 Å². The van der Waals surface area contributed by atoms with Gasteiger partial charge in [-0.1, -0.05) is 54.1 Å². The van der Waals surface area contributed by atoms with E-state index in [1.807, 2.05) is 70.2 Å². The summed E-state index contributed by atoms with van der Waals surface area (Å²) in [5.41, 5.74) is 3.01. The van der Waals surface area contributed by atoms with Gasteiger partial charge in [0.25, 0.3) is 0 Å². The van der Waals surface area contributed by atoms with Gasteiger partial charge in [-0.2, -0.15) is 0 Å². The zero-order valence-corrected chi connectivity index (χ0v) is 25.0. The highest BCUT2D eigenvalue weighted by Crippen LogP contribution is 2.43. The van der Waals surface area contributed by atoms with Crippen LogP contribution in [0.1, 0.15) is 62.7 Å². The van der Waals surface area contributed by atoms with E-state index in [-0.39, 0.29) is 12.1 Å². The molecule has 3 heterocycles. The number of ether oxygens (including phenoxy) is 1. The number of aryl methyl sites for hydroxylation is 1. The lowest BCUT2D eigenvalue weighted by Gasteiger charge is -2.37. The number of likely N-dealkylation sites (tertiary alicyclic amines) is 1. The number of benzene rings is 2. The average Bonchev–Trinajstić information content (AvgIpc) is 3.40. The molecule has 1 saturated heterocycles. The van der Waals surface area contributed by atoms with Crippen molar-refractivity contribution in [3.63, 3.8) is 0 Å². The van der Waals surface area contributed by atoms with Gasteiger partial charge in [0.05, 0.1) is 22.3 Å². The van der Waals surface area contributed by atoms with Gasteiger partial charge in [-0.3, -0.25) is 0 Å². The molecule has 1 aliphatic heterocycles. The van der Waals surface area contributed by atoms with Crippen molar-refractivity contribution in [1.29, 1.82) is 0 Å². The minimum atomic E-state index is -1.16. The Balaban J connectivity index is 1.45. The van der Waals surface area contributed by atoms with Crippen molar-refractivity contribution in [2.45, 2.75) is 64.7 Å². The first-order chi connectivity index (χ1) is 19.5. The molecule has 0 saturated carbocycles. The second-order valence-electron chi connectivity index (χ2n) is 11.6. The summed E-state index contributed by atoms with van der Waals surface area (Å²) in [4.78, 5) is 29.5. The molecule has 1 fully saturated rings. The smallest absolute Gasteiger partial charge is 0.410 e. The van der Waals surface area contributed by atoms with Crippen molar-refractivity contribution in [2.75, 3.05) is 18.4 Å². The fourth-order valence-corrected chi connectivity index (χ4v) is 6.06. The van der Waals surface area contributed by atoms with Crippen molar-refractivity contribution in [3.05, 3.63) is 83.0 Å².